The summed E-state index contributed by atoms with van der Waals surface area (Å²) in [6.45, 7) is 3.42. The highest BCUT2D eigenvalue weighted by Crippen LogP contribution is 2.32. The zero-order valence-corrected chi connectivity index (χ0v) is 11.2. The Bertz CT molecular complexity index is 627. The van der Waals surface area contributed by atoms with Crippen molar-refractivity contribution in [3.05, 3.63) is 23.3 Å². The first kappa shape index (κ1) is 12.3. The predicted octanol–water partition coefficient (Wildman–Crippen LogP) is 1.98. The van der Waals surface area contributed by atoms with Crippen molar-refractivity contribution in [1.29, 1.82) is 0 Å². The van der Waals surface area contributed by atoms with Crippen LogP contribution < -0.4 is 0 Å². The van der Waals surface area contributed by atoms with E-state index in [0.717, 1.165) is 54.9 Å². The summed E-state index contributed by atoms with van der Waals surface area (Å²) in [5, 5.41) is 0.912. The SMILES string of the molecule is Cc1nc(C2CCOCC2)c2c(C=O)cn(C)c2n1. The molecular weight excluding hydrogens is 242 g/mol. The number of ether oxygens (including phenoxy) is 1. The van der Waals surface area contributed by atoms with Crippen LogP contribution in [0.15, 0.2) is 6.20 Å². The minimum atomic E-state index is 0.360. The number of hydrogen-bond donors (Lipinski definition) is 0. The molecule has 3 heterocycles. The van der Waals surface area contributed by atoms with Crippen LogP contribution in [0.3, 0.4) is 0 Å². The molecule has 2 aromatic rings. The van der Waals surface area contributed by atoms with Crippen LogP contribution in [0, 0.1) is 6.92 Å². The zero-order valence-electron chi connectivity index (χ0n) is 11.2. The van der Waals surface area contributed by atoms with Crippen LogP contribution in [-0.4, -0.2) is 34.0 Å². The van der Waals surface area contributed by atoms with Crippen molar-refractivity contribution in [3.8, 4) is 0 Å². The van der Waals surface area contributed by atoms with Gasteiger partial charge in [0.25, 0.3) is 0 Å². The predicted molar refractivity (Wildman–Crippen MR) is 71.4 cm³/mol. The second kappa shape index (κ2) is 4.74. The molecule has 1 saturated heterocycles. The Morgan fingerprint density at radius 1 is 1.37 bits per heavy atom. The van der Waals surface area contributed by atoms with Gasteiger partial charge >= 0.3 is 0 Å². The molecule has 0 bridgehead atoms. The zero-order chi connectivity index (χ0) is 13.4. The molecule has 2 aromatic heterocycles. The molecule has 100 valence electrons. The number of rotatable bonds is 2. The second-order valence-electron chi connectivity index (χ2n) is 5.05. The normalized spacial score (nSPS) is 16.9. The van der Waals surface area contributed by atoms with Crippen molar-refractivity contribution >= 4 is 17.3 Å². The summed E-state index contributed by atoms with van der Waals surface area (Å²) in [4.78, 5) is 20.3. The highest BCUT2D eigenvalue weighted by Gasteiger charge is 2.23. The number of fused-ring (bicyclic) bond motifs is 1. The molecule has 1 fully saturated rings. The Labute approximate surface area is 111 Å². The number of aldehydes is 1. The first-order valence-electron chi connectivity index (χ1n) is 6.57. The maximum atomic E-state index is 11.3. The first-order chi connectivity index (χ1) is 9.20. The molecular formula is C14H17N3O2. The largest absolute Gasteiger partial charge is 0.381 e. The summed E-state index contributed by atoms with van der Waals surface area (Å²) in [5.74, 6) is 1.12. The smallest absolute Gasteiger partial charge is 0.152 e. The van der Waals surface area contributed by atoms with E-state index in [4.69, 9.17) is 4.74 Å². The topological polar surface area (TPSA) is 57.0 Å². The average molecular weight is 259 g/mol. The Balaban J connectivity index is 2.23. The average Bonchev–Trinajstić information content (AvgIpc) is 2.76. The molecule has 0 N–H and O–H groups in total. The maximum absolute atomic E-state index is 11.3. The first-order valence-corrected chi connectivity index (χ1v) is 6.57. The summed E-state index contributed by atoms with van der Waals surface area (Å²) in [6, 6.07) is 0. The van der Waals surface area contributed by atoms with Gasteiger partial charge in [-0.15, -0.1) is 0 Å². The summed E-state index contributed by atoms with van der Waals surface area (Å²) in [6.07, 6.45) is 4.63. The number of hydrogen-bond acceptors (Lipinski definition) is 4. The summed E-state index contributed by atoms with van der Waals surface area (Å²) in [5.41, 5.74) is 2.53. The van der Waals surface area contributed by atoms with E-state index in [2.05, 4.69) is 9.97 Å². The van der Waals surface area contributed by atoms with E-state index < -0.39 is 0 Å². The minimum absolute atomic E-state index is 0.360. The third-order valence-corrected chi connectivity index (χ3v) is 3.72. The van der Waals surface area contributed by atoms with Gasteiger partial charge in [-0.05, 0) is 19.8 Å². The van der Waals surface area contributed by atoms with Gasteiger partial charge in [-0.3, -0.25) is 4.79 Å². The van der Waals surface area contributed by atoms with E-state index in [1.54, 1.807) is 0 Å². The molecule has 0 unspecified atom stereocenters. The molecule has 0 spiro atoms. The number of carbonyl (C=O) groups excluding carboxylic acids is 1. The third kappa shape index (κ3) is 2.04. The molecule has 0 aliphatic carbocycles. The molecule has 5 nitrogen and oxygen atoms in total. The monoisotopic (exact) mass is 259 g/mol. The molecule has 0 saturated carbocycles. The molecule has 0 radical (unpaired) electrons. The lowest BCUT2D eigenvalue weighted by Gasteiger charge is -2.22. The minimum Gasteiger partial charge on any atom is -0.381 e. The molecule has 0 amide bonds. The van der Waals surface area contributed by atoms with Gasteiger partial charge in [0, 0.05) is 37.9 Å². The van der Waals surface area contributed by atoms with Crippen molar-refractivity contribution < 1.29 is 9.53 Å². The van der Waals surface area contributed by atoms with Crippen LogP contribution in [0.5, 0.6) is 0 Å². The fraction of sp³-hybridized carbons (Fsp3) is 0.500. The van der Waals surface area contributed by atoms with Gasteiger partial charge in [-0.25, -0.2) is 9.97 Å². The lowest BCUT2D eigenvalue weighted by atomic mass is 9.93. The third-order valence-electron chi connectivity index (χ3n) is 3.72. The summed E-state index contributed by atoms with van der Waals surface area (Å²) < 4.78 is 7.31. The van der Waals surface area contributed by atoms with Gasteiger partial charge in [0.05, 0.1) is 11.1 Å². The van der Waals surface area contributed by atoms with Crippen molar-refractivity contribution in [1.82, 2.24) is 14.5 Å². The van der Waals surface area contributed by atoms with Gasteiger partial charge in [-0.1, -0.05) is 0 Å². The highest BCUT2D eigenvalue weighted by molar-refractivity contribution is 5.97. The van der Waals surface area contributed by atoms with Gasteiger partial charge in [0.1, 0.15) is 11.5 Å². The van der Waals surface area contributed by atoms with Crippen LogP contribution >= 0.6 is 0 Å². The van der Waals surface area contributed by atoms with Crippen LogP contribution in [0.1, 0.15) is 40.6 Å². The Hall–Kier alpha value is -1.75. The van der Waals surface area contributed by atoms with Gasteiger partial charge in [0.15, 0.2) is 6.29 Å². The Kier molecular flexibility index (Phi) is 3.06. The van der Waals surface area contributed by atoms with Crippen molar-refractivity contribution in [2.24, 2.45) is 7.05 Å². The lowest BCUT2D eigenvalue weighted by molar-refractivity contribution is 0.0847. The quantitative estimate of drug-likeness (QED) is 0.774. The van der Waals surface area contributed by atoms with Crippen molar-refractivity contribution in [2.45, 2.75) is 25.7 Å². The summed E-state index contributed by atoms with van der Waals surface area (Å²) >= 11 is 0. The number of nitrogens with zero attached hydrogens (tertiary/aromatic N) is 3. The van der Waals surface area contributed by atoms with E-state index in [1.165, 1.54) is 0 Å². The highest BCUT2D eigenvalue weighted by atomic mass is 16.5. The summed E-state index contributed by atoms with van der Waals surface area (Å²) in [7, 11) is 1.91. The Morgan fingerprint density at radius 3 is 2.79 bits per heavy atom. The number of aromatic nitrogens is 3. The fourth-order valence-corrected chi connectivity index (χ4v) is 2.80. The molecule has 0 aromatic carbocycles. The molecule has 1 aliphatic heterocycles. The number of carbonyl (C=O) groups is 1. The van der Waals surface area contributed by atoms with Crippen molar-refractivity contribution in [2.75, 3.05) is 13.2 Å². The Morgan fingerprint density at radius 2 is 2.11 bits per heavy atom. The van der Waals surface area contributed by atoms with Gasteiger partial charge in [0.2, 0.25) is 0 Å². The van der Waals surface area contributed by atoms with Crippen LogP contribution in [0.25, 0.3) is 11.0 Å². The lowest BCUT2D eigenvalue weighted by Crippen LogP contribution is -2.16. The van der Waals surface area contributed by atoms with E-state index in [1.807, 2.05) is 24.7 Å². The van der Waals surface area contributed by atoms with E-state index in [9.17, 15) is 4.79 Å². The van der Waals surface area contributed by atoms with Crippen molar-refractivity contribution in [3.63, 3.8) is 0 Å². The molecule has 1 aliphatic rings. The molecule has 0 atom stereocenters. The van der Waals surface area contributed by atoms with Gasteiger partial charge < -0.3 is 9.30 Å². The van der Waals surface area contributed by atoms with E-state index >= 15 is 0 Å². The standard InChI is InChI=1S/C14H17N3O2/c1-9-15-13(10-3-5-19-6-4-10)12-11(8-18)7-17(2)14(12)16-9/h7-8,10H,3-6H2,1-2H3. The second-order valence-corrected chi connectivity index (χ2v) is 5.05. The fourth-order valence-electron chi connectivity index (χ4n) is 2.80. The molecule has 5 heteroatoms. The molecule has 3 rings (SSSR count). The molecule has 19 heavy (non-hydrogen) atoms. The van der Waals surface area contributed by atoms with E-state index in [0.29, 0.717) is 11.5 Å². The van der Waals surface area contributed by atoms with Gasteiger partial charge in [-0.2, -0.15) is 0 Å². The van der Waals surface area contributed by atoms with Crippen LogP contribution in [-0.2, 0) is 11.8 Å². The van der Waals surface area contributed by atoms with Crippen LogP contribution in [0.4, 0.5) is 0 Å². The van der Waals surface area contributed by atoms with E-state index in [-0.39, 0.29) is 0 Å². The van der Waals surface area contributed by atoms with Crippen LogP contribution in [0.2, 0.25) is 0 Å². The maximum Gasteiger partial charge on any atom is 0.152 e. The number of aryl methyl sites for hydroxylation is 2.